The fourth-order valence-corrected chi connectivity index (χ4v) is 12.6. The van der Waals surface area contributed by atoms with Crippen LogP contribution in [0.4, 0.5) is 9.59 Å². The van der Waals surface area contributed by atoms with Crippen molar-refractivity contribution in [3.05, 3.63) is 146 Å². The van der Waals surface area contributed by atoms with Gasteiger partial charge in [-0.1, -0.05) is 78.1 Å². The number of Topliss-reactive ketones (excluding diaryl/α,β-unsaturated/α-hetero) is 3. The largest absolute Gasteiger partial charge is 0.477 e. The molecule has 0 saturated carbocycles. The van der Waals surface area contributed by atoms with Crippen LogP contribution in [0, 0.1) is 29.2 Å². The van der Waals surface area contributed by atoms with Crippen LogP contribution < -0.4 is 0 Å². The number of nitrogens with zero attached hydrogens (tertiary/aromatic N) is 8. The Labute approximate surface area is 548 Å². The molecule has 0 bridgehead atoms. The summed E-state index contributed by atoms with van der Waals surface area (Å²) in [7, 11) is 5.76. The number of ether oxygens (including phenoxy) is 2. The average molecular weight is 1420 g/mol. The highest BCUT2D eigenvalue weighted by Gasteiger charge is 2.33. The molecule has 90 heavy (non-hydrogen) atoms. The first kappa shape index (κ1) is 66.4. The minimum absolute atomic E-state index is 0.0864. The molecule has 3 aliphatic rings. The number of hydrogen-bond donors (Lipinski definition) is 3. The minimum Gasteiger partial charge on any atom is -0.477 e. The van der Waals surface area contributed by atoms with Gasteiger partial charge in [0.2, 0.25) is 0 Å². The molecule has 2 amide bonds. The summed E-state index contributed by atoms with van der Waals surface area (Å²) >= 11 is 10.2. The van der Waals surface area contributed by atoms with Gasteiger partial charge in [-0.15, -0.1) is 0 Å². The number of benzene rings is 4. The molecule has 3 fully saturated rings. The number of nitriles is 1. The van der Waals surface area contributed by atoms with Crippen molar-refractivity contribution in [3.8, 4) is 17.3 Å². The molecule has 5 aromatic heterocycles. The molecule has 3 N–H and O–H groups in total. The van der Waals surface area contributed by atoms with Crippen molar-refractivity contribution in [1.29, 1.82) is 5.26 Å². The number of ketones is 3. The number of rotatable bonds is 11. The lowest BCUT2D eigenvalue weighted by Gasteiger charge is -2.24. The molecule has 8 heterocycles. The number of carbonyl (C=O) groups excluding carboxylic acids is 5. The summed E-state index contributed by atoms with van der Waals surface area (Å²) in [5.74, 6) is 0.0482. The van der Waals surface area contributed by atoms with Crippen LogP contribution in [0.25, 0.3) is 54.7 Å². The van der Waals surface area contributed by atoms with E-state index in [2.05, 4.69) is 87.2 Å². The third-order valence-corrected chi connectivity index (χ3v) is 17.6. The number of hydrogen-bond acceptors (Lipinski definition) is 11. The highest BCUT2D eigenvalue weighted by molar-refractivity contribution is 9.11. The molecule has 22 heteroatoms. The van der Waals surface area contributed by atoms with Gasteiger partial charge in [-0.2, -0.15) is 10.4 Å². The Morgan fingerprint density at radius 3 is 1.49 bits per heavy atom. The number of H-pyrrole nitrogens is 2. The number of aromatic carboxylic acids is 1. The normalized spacial score (nSPS) is 16.5. The molecule has 0 unspecified atom stereocenters. The summed E-state index contributed by atoms with van der Waals surface area (Å²) in [5.41, 5.74) is 7.30. The van der Waals surface area contributed by atoms with Gasteiger partial charge in [0.1, 0.15) is 16.9 Å². The second-order valence-electron chi connectivity index (χ2n) is 25.4. The predicted octanol–water partition coefficient (Wildman–Crippen LogP) is 15.1. The Balaban J connectivity index is 0.000000146. The molecule has 12 rings (SSSR count). The van der Waals surface area contributed by atoms with Crippen LogP contribution in [0.1, 0.15) is 122 Å². The molecule has 4 aromatic carbocycles. The van der Waals surface area contributed by atoms with Gasteiger partial charge in [0, 0.05) is 148 Å². The van der Waals surface area contributed by atoms with E-state index in [0.717, 1.165) is 99.7 Å². The summed E-state index contributed by atoms with van der Waals surface area (Å²) in [6.45, 7) is 15.1. The Morgan fingerprint density at radius 1 is 0.567 bits per heavy atom. The number of aromatic amines is 2. The maximum Gasteiger partial charge on any atom is 0.410 e. The zero-order chi connectivity index (χ0) is 64.9. The summed E-state index contributed by atoms with van der Waals surface area (Å²) in [6.07, 6.45) is 9.38. The molecule has 3 saturated heterocycles. The molecule has 3 aliphatic heterocycles. The SMILES string of the molecule is CC(C)(C)OC(=O)N1CC[C@@H](CC(=O)c2cc3ccc(Br)cc3[nH]2)C1.Cn1c(C(=O)C[C@@H]2CCN(C(=O)OC(C)(C)C)C2)cc2ccc(Br)cc21.Cn1cc(-c2ccc3cc(C(=O)C[C@@H]4CCN(C#N)C4)n(C)c3c2)cn1.O=C(O)c1cc2ccc(Br)cc2[nH]1. The molecule has 0 spiro atoms. The second-order valence-corrected chi connectivity index (χ2v) is 28.2. The van der Waals surface area contributed by atoms with E-state index in [-0.39, 0.29) is 53.0 Å². The molecule has 0 aliphatic carbocycles. The number of halogens is 3. The van der Waals surface area contributed by atoms with E-state index in [1.807, 2.05) is 157 Å². The number of likely N-dealkylation sites (tertiary alicyclic amines) is 3. The monoisotopic (exact) mass is 1410 g/mol. The Bertz CT molecular complexity index is 4210. The minimum atomic E-state index is -0.938. The molecule has 0 radical (unpaired) electrons. The van der Waals surface area contributed by atoms with Gasteiger partial charge in [-0.05, 0) is 151 Å². The number of carbonyl (C=O) groups is 6. The highest BCUT2D eigenvalue weighted by Crippen LogP contribution is 2.32. The van der Waals surface area contributed by atoms with E-state index in [0.29, 0.717) is 63.4 Å². The first-order chi connectivity index (χ1) is 42.6. The number of nitrogens with one attached hydrogen (secondary N) is 2. The summed E-state index contributed by atoms with van der Waals surface area (Å²) in [6, 6.07) is 31.2. The topological polar surface area (TPSA) is 234 Å². The van der Waals surface area contributed by atoms with Crippen molar-refractivity contribution in [2.24, 2.45) is 38.9 Å². The fourth-order valence-electron chi connectivity index (χ4n) is 11.6. The van der Waals surface area contributed by atoms with Crippen molar-refractivity contribution in [2.45, 2.75) is 91.3 Å². The van der Waals surface area contributed by atoms with Crippen LogP contribution >= 0.6 is 47.8 Å². The number of carboxylic acid groups (broad SMARTS) is 1. The molecular formula is C68H75Br3N10O9. The van der Waals surface area contributed by atoms with Gasteiger partial charge in [-0.25, -0.2) is 14.4 Å². The number of fused-ring (bicyclic) bond motifs is 4. The van der Waals surface area contributed by atoms with Crippen LogP contribution in [0.15, 0.2) is 123 Å². The molecule has 19 nitrogen and oxygen atoms in total. The summed E-state index contributed by atoms with van der Waals surface area (Å²) < 4.78 is 19.4. The van der Waals surface area contributed by atoms with E-state index in [4.69, 9.17) is 19.8 Å². The first-order valence-corrected chi connectivity index (χ1v) is 32.3. The number of carboxylic acids is 1. The number of aromatic nitrogens is 6. The lowest BCUT2D eigenvalue weighted by Crippen LogP contribution is -2.35. The molecule has 9 aromatic rings. The van der Waals surface area contributed by atoms with E-state index in [9.17, 15) is 28.8 Å². The summed E-state index contributed by atoms with van der Waals surface area (Å²) in [4.78, 5) is 84.3. The standard InChI is InChI=1S/C20H25BrN2O3.C20H21N5O.C19H23BrN2O3.C9H6BrNO2/c1-20(2,3)26-19(25)23-8-7-13(12-23)9-18(24)17-10-14-5-6-15(21)11-16(14)22(17)4;1-23-12-17(10-22-23)15-3-4-16-9-19(24(2)18(16)8-15)20(26)7-14-5-6-25(11-14)13-21;1-19(2,3)25-18(24)22-7-6-12(11-22)8-17(23)16-9-13-4-5-14(20)10-15(13)21-16;10-6-2-1-5-3-8(9(12)13)11-7(5)4-6/h5-6,10-11,13H,7-9,12H2,1-4H3;3-4,8-10,12,14H,5-7,11H2,1-2H3;4-5,9-10,12,21H,6-8,11H2,1-3H3;1-4,11H,(H,12,13)/t13-;14-;12-;/m000./s1. The van der Waals surface area contributed by atoms with Crippen molar-refractivity contribution < 1.29 is 43.3 Å². The van der Waals surface area contributed by atoms with Crippen LogP contribution in [0.2, 0.25) is 0 Å². The van der Waals surface area contributed by atoms with Crippen molar-refractivity contribution >= 4 is 127 Å². The number of amides is 2. The van der Waals surface area contributed by atoms with Crippen LogP contribution in [0.5, 0.6) is 0 Å². The van der Waals surface area contributed by atoms with E-state index in [1.54, 1.807) is 25.4 Å². The van der Waals surface area contributed by atoms with Crippen LogP contribution in [-0.4, -0.2) is 135 Å². The Kier molecular flexibility index (Phi) is 20.7. The summed E-state index contributed by atoms with van der Waals surface area (Å²) in [5, 5.41) is 26.0. The lowest BCUT2D eigenvalue weighted by molar-refractivity contribution is 0.0277. The Hall–Kier alpha value is -8.00. The molecular weight excluding hydrogens is 1340 g/mol. The van der Waals surface area contributed by atoms with E-state index >= 15 is 0 Å². The van der Waals surface area contributed by atoms with Gasteiger partial charge in [-0.3, -0.25) is 19.1 Å². The predicted molar refractivity (Wildman–Crippen MR) is 359 cm³/mol. The fraction of sp³-hybridized carbons (Fsp3) is 0.382. The third-order valence-electron chi connectivity index (χ3n) is 16.1. The quantitative estimate of drug-likeness (QED) is 0.0810. The van der Waals surface area contributed by atoms with Crippen molar-refractivity contribution in [1.82, 2.24) is 43.6 Å². The average Bonchev–Trinajstić information content (AvgIpc) is 1.84. The van der Waals surface area contributed by atoms with Crippen LogP contribution in [-0.2, 0) is 30.6 Å². The third kappa shape index (κ3) is 16.9. The van der Waals surface area contributed by atoms with Crippen LogP contribution in [0.3, 0.4) is 0 Å². The number of aryl methyl sites for hydroxylation is 3. The van der Waals surface area contributed by atoms with E-state index in [1.165, 1.54) is 0 Å². The smallest absolute Gasteiger partial charge is 0.410 e. The zero-order valence-corrected chi connectivity index (χ0v) is 56.8. The van der Waals surface area contributed by atoms with Crippen molar-refractivity contribution in [2.75, 3.05) is 39.3 Å². The zero-order valence-electron chi connectivity index (χ0n) is 52.0. The first-order valence-electron chi connectivity index (χ1n) is 29.9. The van der Waals surface area contributed by atoms with E-state index < -0.39 is 17.2 Å². The van der Waals surface area contributed by atoms with Crippen molar-refractivity contribution in [3.63, 3.8) is 0 Å². The molecule has 3 atom stereocenters. The van der Waals surface area contributed by atoms with Gasteiger partial charge >= 0.3 is 18.2 Å². The van der Waals surface area contributed by atoms with Gasteiger partial charge in [0.15, 0.2) is 23.5 Å². The Morgan fingerprint density at radius 2 is 1.01 bits per heavy atom. The molecule has 472 valence electrons. The second kappa shape index (κ2) is 28.0. The maximum absolute atomic E-state index is 12.8. The lowest BCUT2D eigenvalue weighted by atomic mass is 10.0. The maximum atomic E-state index is 12.8. The van der Waals surface area contributed by atoms with Gasteiger partial charge in [0.25, 0.3) is 0 Å². The van der Waals surface area contributed by atoms with Gasteiger partial charge < -0.3 is 48.4 Å². The van der Waals surface area contributed by atoms with Gasteiger partial charge in [0.05, 0.1) is 23.3 Å². The highest BCUT2D eigenvalue weighted by atomic mass is 79.9.